The van der Waals surface area contributed by atoms with Crippen LogP contribution in [-0.2, 0) is 19.4 Å². The second kappa shape index (κ2) is 9.13. The molecule has 0 unspecified atom stereocenters. The van der Waals surface area contributed by atoms with Gasteiger partial charge in [-0.1, -0.05) is 23.8 Å². The zero-order chi connectivity index (χ0) is 22.6. The summed E-state index contributed by atoms with van der Waals surface area (Å²) in [4.78, 5) is 38.2. The van der Waals surface area contributed by atoms with E-state index in [9.17, 15) is 22.8 Å². The first-order valence-electron chi connectivity index (χ1n) is 9.47. The van der Waals surface area contributed by atoms with E-state index in [1.165, 1.54) is 23.1 Å². The molecule has 3 rings (SSSR count). The number of sulfone groups is 1. The lowest BCUT2D eigenvalue weighted by Gasteiger charge is -2.28. The number of amides is 2. The number of fused-ring (bicyclic) bond motifs is 1. The van der Waals surface area contributed by atoms with Crippen molar-refractivity contribution in [2.45, 2.75) is 6.92 Å². The van der Waals surface area contributed by atoms with Crippen LogP contribution in [0, 0.1) is 6.92 Å². The van der Waals surface area contributed by atoms with Gasteiger partial charge in [0.25, 0.3) is 5.91 Å². The van der Waals surface area contributed by atoms with Crippen LogP contribution < -0.4 is 15.0 Å². The number of hydrogen-bond acceptors (Lipinski definition) is 6. The largest absolute Gasteiger partial charge is 0.482 e. The first kappa shape index (κ1) is 22.2. The standard InChI is InChI=1S/C22H22N2O6S/c1-3-10-24-18-11-16(6-9-20(18)30-12-22(24)27)19(25)13-31(28,29)14-21(26)23-17-7-4-15(2)5-8-17/h3-9,11H,1,10,12-14H2,2H3,(H,23,26). The van der Waals surface area contributed by atoms with Crippen molar-refractivity contribution >= 4 is 38.8 Å². The molecule has 2 aromatic rings. The fraction of sp³-hybridized carbons (Fsp3) is 0.227. The predicted molar refractivity (Wildman–Crippen MR) is 117 cm³/mol. The SMILES string of the molecule is C=CCN1C(=O)COc2ccc(C(=O)CS(=O)(=O)CC(=O)Nc3ccc(C)cc3)cc21. The van der Waals surface area contributed by atoms with Gasteiger partial charge in [-0.05, 0) is 37.3 Å². The van der Waals surface area contributed by atoms with Gasteiger partial charge in [-0.3, -0.25) is 14.4 Å². The van der Waals surface area contributed by atoms with E-state index >= 15 is 0 Å². The van der Waals surface area contributed by atoms with E-state index in [4.69, 9.17) is 4.74 Å². The third-order valence-electron chi connectivity index (χ3n) is 4.57. The molecule has 0 fully saturated rings. The summed E-state index contributed by atoms with van der Waals surface area (Å²) in [6, 6.07) is 11.3. The van der Waals surface area contributed by atoms with E-state index in [1.54, 1.807) is 30.3 Å². The molecule has 1 aliphatic heterocycles. The highest BCUT2D eigenvalue weighted by Crippen LogP contribution is 2.33. The van der Waals surface area contributed by atoms with Crippen molar-refractivity contribution in [3.63, 3.8) is 0 Å². The quantitative estimate of drug-likeness (QED) is 0.496. The minimum atomic E-state index is -4.00. The summed E-state index contributed by atoms with van der Waals surface area (Å²) in [5, 5.41) is 2.50. The molecular weight excluding hydrogens is 420 g/mol. The van der Waals surface area contributed by atoms with Gasteiger partial charge in [0, 0.05) is 17.8 Å². The maximum absolute atomic E-state index is 12.6. The van der Waals surface area contributed by atoms with Crippen LogP contribution in [0.1, 0.15) is 15.9 Å². The number of nitrogens with zero attached hydrogens (tertiary/aromatic N) is 1. The van der Waals surface area contributed by atoms with E-state index in [0.717, 1.165) is 5.56 Å². The van der Waals surface area contributed by atoms with E-state index in [-0.39, 0.29) is 24.6 Å². The molecular formula is C22H22N2O6S. The predicted octanol–water partition coefficient (Wildman–Crippen LogP) is 2.14. The average molecular weight is 442 g/mol. The number of aryl methyl sites for hydroxylation is 1. The Bertz CT molecular complexity index is 1140. The third-order valence-corrected chi connectivity index (χ3v) is 5.98. The summed E-state index contributed by atoms with van der Waals surface area (Å²) in [5.74, 6) is -2.93. The Morgan fingerprint density at radius 3 is 2.55 bits per heavy atom. The Balaban J connectivity index is 1.70. The number of benzene rings is 2. The van der Waals surface area contributed by atoms with E-state index < -0.39 is 33.0 Å². The molecule has 1 heterocycles. The van der Waals surface area contributed by atoms with E-state index in [2.05, 4.69) is 11.9 Å². The van der Waals surface area contributed by atoms with Gasteiger partial charge < -0.3 is 15.0 Å². The van der Waals surface area contributed by atoms with Crippen molar-refractivity contribution in [3.05, 3.63) is 66.2 Å². The molecule has 2 amide bonds. The Morgan fingerprint density at radius 1 is 1.16 bits per heavy atom. The lowest BCUT2D eigenvalue weighted by Crippen LogP contribution is -2.39. The van der Waals surface area contributed by atoms with Crippen LogP contribution in [0.15, 0.2) is 55.1 Å². The fourth-order valence-corrected chi connectivity index (χ4v) is 4.21. The molecule has 2 aromatic carbocycles. The lowest BCUT2D eigenvalue weighted by atomic mass is 10.1. The number of anilines is 2. The summed E-state index contributed by atoms with van der Waals surface area (Å²) in [6.07, 6.45) is 1.54. The molecule has 8 nitrogen and oxygen atoms in total. The highest BCUT2D eigenvalue weighted by atomic mass is 32.2. The second-order valence-corrected chi connectivity index (χ2v) is 9.20. The van der Waals surface area contributed by atoms with Crippen LogP contribution in [0.5, 0.6) is 5.75 Å². The van der Waals surface area contributed by atoms with Crippen molar-refractivity contribution in [1.82, 2.24) is 0 Å². The first-order valence-corrected chi connectivity index (χ1v) is 11.3. The van der Waals surface area contributed by atoms with Crippen molar-refractivity contribution in [2.24, 2.45) is 0 Å². The van der Waals surface area contributed by atoms with Gasteiger partial charge in [-0.25, -0.2) is 8.42 Å². The van der Waals surface area contributed by atoms with Gasteiger partial charge >= 0.3 is 0 Å². The number of rotatable bonds is 8. The highest BCUT2D eigenvalue weighted by molar-refractivity contribution is 7.92. The van der Waals surface area contributed by atoms with Crippen LogP contribution >= 0.6 is 0 Å². The molecule has 0 aliphatic carbocycles. The molecule has 0 radical (unpaired) electrons. The number of carbonyl (C=O) groups excluding carboxylic acids is 3. The molecule has 0 aromatic heterocycles. The Kier molecular flexibility index (Phi) is 6.55. The maximum atomic E-state index is 12.6. The Morgan fingerprint density at radius 2 is 1.87 bits per heavy atom. The van der Waals surface area contributed by atoms with Gasteiger partial charge in [-0.15, -0.1) is 6.58 Å². The minimum Gasteiger partial charge on any atom is -0.482 e. The van der Waals surface area contributed by atoms with Gasteiger partial charge in [0.1, 0.15) is 17.3 Å². The molecule has 0 saturated heterocycles. The number of ketones is 1. The number of ether oxygens (including phenoxy) is 1. The number of nitrogens with one attached hydrogen (secondary N) is 1. The molecule has 162 valence electrons. The minimum absolute atomic E-state index is 0.105. The number of carbonyl (C=O) groups is 3. The molecule has 1 N–H and O–H groups in total. The molecule has 0 saturated carbocycles. The molecule has 31 heavy (non-hydrogen) atoms. The van der Waals surface area contributed by atoms with E-state index in [0.29, 0.717) is 17.1 Å². The Hall–Kier alpha value is -3.46. The van der Waals surface area contributed by atoms with Crippen LogP contribution in [0.2, 0.25) is 0 Å². The summed E-state index contributed by atoms with van der Waals surface area (Å²) >= 11 is 0. The van der Waals surface area contributed by atoms with Crippen molar-refractivity contribution in [2.75, 3.05) is 34.9 Å². The zero-order valence-corrected chi connectivity index (χ0v) is 17.8. The summed E-state index contributed by atoms with van der Waals surface area (Å²) < 4.78 is 30.1. The molecule has 1 aliphatic rings. The second-order valence-electron chi connectivity index (χ2n) is 7.13. The monoisotopic (exact) mass is 442 g/mol. The van der Waals surface area contributed by atoms with E-state index in [1.807, 2.05) is 6.92 Å². The van der Waals surface area contributed by atoms with Gasteiger partial charge in [0.2, 0.25) is 5.91 Å². The molecule has 0 spiro atoms. The Labute approximate surface area is 180 Å². The van der Waals surface area contributed by atoms with Gasteiger partial charge in [0.05, 0.1) is 5.69 Å². The topological polar surface area (TPSA) is 110 Å². The van der Waals surface area contributed by atoms with Crippen molar-refractivity contribution in [1.29, 1.82) is 0 Å². The van der Waals surface area contributed by atoms with Crippen LogP contribution in [0.25, 0.3) is 0 Å². The summed E-state index contributed by atoms with van der Waals surface area (Å²) in [6.45, 7) is 5.60. The lowest BCUT2D eigenvalue weighted by molar-refractivity contribution is -0.121. The summed E-state index contributed by atoms with van der Waals surface area (Å²) in [5.41, 5.74) is 1.95. The normalized spacial score (nSPS) is 13.2. The molecule has 9 heteroatoms. The van der Waals surface area contributed by atoms with Crippen LogP contribution in [-0.4, -0.2) is 50.7 Å². The van der Waals surface area contributed by atoms with Gasteiger partial charge in [-0.2, -0.15) is 0 Å². The van der Waals surface area contributed by atoms with Crippen LogP contribution in [0.4, 0.5) is 11.4 Å². The van der Waals surface area contributed by atoms with Crippen LogP contribution in [0.3, 0.4) is 0 Å². The molecule has 0 bridgehead atoms. The number of Topliss-reactive ketones (excluding diaryl/α,β-unsaturated/α-hetero) is 1. The first-order chi connectivity index (χ1) is 14.7. The average Bonchev–Trinajstić information content (AvgIpc) is 2.70. The van der Waals surface area contributed by atoms with Crippen molar-refractivity contribution in [3.8, 4) is 5.75 Å². The van der Waals surface area contributed by atoms with Crippen molar-refractivity contribution < 1.29 is 27.5 Å². The third kappa shape index (κ3) is 5.58. The fourth-order valence-electron chi connectivity index (χ4n) is 3.07. The highest BCUT2D eigenvalue weighted by Gasteiger charge is 2.27. The van der Waals surface area contributed by atoms with Gasteiger partial charge in [0.15, 0.2) is 22.2 Å². The number of hydrogen-bond donors (Lipinski definition) is 1. The summed E-state index contributed by atoms with van der Waals surface area (Å²) in [7, 11) is -4.00. The smallest absolute Gasteiger partial charge is 0.265 e. The zero-order valence-electron chi connectivity index (χ0n) is 17.0. The maximum Gasteiger partial charge on any atom is 0.265 e. The molecule has 0 atom stereocenters.